The van der Waals surface area contributed by atoms with Crippen molar-refractivity contribution < 1.29 is 4.92 Å². The van der Waals surface area contributed by atoms with Crippen molar-refractivity contribution in [1.82, 2.24) is 9.88 Å². The fraction of sp³-hybridized carbons (Fsp3) is 0.615. The number of aromatic nitrogens is 1. The molecule has 0 N–H and O–H groups in total. The first-order chi connectivity index (χ1) is 8.99. The van der Waals surface area contributed by atoms with Crippen LogP contribution >= 0.6 is 0 Å². The van der Waals surface area contributed by atoms with Crippen molar-refractivity contribution in [1.29, 1.82) is 0 Å². The van der Waals surface area contributed by atoms with Gasteiger partial charge < -0.3 is 15.0 Å². The van der Waals surface area contributed by atoms with Crippen LogP contribution < -0.4 is 4.90 Å². The van der Waals surface area contributed by atoms with E-state index in [0.29, 0.717) is 6.04 Å². The lowest BCUT2D eigenvalue weighted by Gasteiger charge is -2.38. The molecule has 1 saturated heterocycles. The molecule has 0 unspecified atom stereocenters. The summed E-state index contributed by atoms with van der Waals surface area (Å²) < 4.78 is 0. The fourth-order valence-electron chi connectivity index (χ4n) is 2.46. The van der Waals surface area contributed by atoms with Crippen LogP contribution in [0.4, 0.5) is 11.5 Å². The first kappa shape index (κ1) is 13.7. The Morgan fingerprint density at radius 1 is 1.26 bits per heavy atom. The predicted molar refractivity (Wildman–Crippen MR) is 74.6 cm³/mol. The Hall–Kier alpha value is -1.69. The number of nitro groups is 1. The number of nitrogens with zero attached hydrogens (tertiary/aromatic N) is 4. The van der Waals surface area contributed by atoms with Crippen LogP contribution in [0.5, 0.6) is 0 Å². The molecule has 0 saturated carbocycles. The third kappa shape index (κ3) is 3.01. The van der Waals surface area contributed by atoms with E-state index in [1.54, 1.807) is 0 Å². The van der Waals surface area contributed by atoms with E-state index >= 15 is 0 Å². The second-order valence-corrected chi connectivity index (χ2v) is 5.15. The zero-order valence-electron chi connectivity index (χ0n) is 11.7. The molecule has 1 aliphatic rings. The summed E-state index contributed by atoms with van der Waals surface area (Å²) in [5.41, 5.74) is 1.74. The quantitative estimate of drug-likeness (QED) is 0.615. The average Bonchev–Trinajstić information content (AvgIpc) is 2.38. The highest BCUT2D eigenvalue weighted by molar-refractivity contribution is 5.52. The smallest absolute Gasteiger partial charge is 0.363 e. The Bertz CT molecular complexity index is 468. The van der Waals surface area contributed by atoms with E-state index in [4.69, 9.17) is 0 Å². The van der Waals surface area contributed by atoms with Gasteiger partial charge in [0.25, 0.3) is 0 Å². The van der Waals surface area contributed by atoms with E-state index in [1.165, 1.54) is 6.07 Å². The van der Waals surface area contributed by atoms with Crippen LogP contribution in [0.15, 0.2) is 12.1 Å². The van der Waals surface area contributed by atoms with Crippen molar-refractivity contribution >= 4 is 11.5 Å². The molecule has 0 atom stereocenters. The molecule has 2 rings (SSSR count). The minimum absolute atomic E-state index is 0.0814. The lowest BCUT2D eigenvalue weighted by Crippen LogP contribution is -2.49. The molecule has 1 aliphatic heterocycles. The predicted octanol–water partition coefficient (Wildman–Crippen LogP) is 1.83. The molecule has 0 aliphatic carbocycles. The van der Waals surface area contributed by atoms with Crippen molar-refractivity contribution in [2.24, 2.45) is 0 Å². The summed E-state index contributed by atoms with van der Waals surface area (Å²) >= 11 is 0. The molecule has 2 heterocycles. The SMILES string of the molecule is Cc1nc([N+](=O)[O-])ccc1N1CCN(C(C)C)CC1. The maximum Gasteiger partial charge on any atom is 0.363 e. The second-order valence-electron chi connectivity index (χ2n) is 5.15. The Morgan fingerprint density at radius 3 is 2.37 bits per heavy atom. The highest BCUT2D eigenvalue weighted by Gasteiger charge is 2.22. The average molecular weight is 264 g/mol. The monoisotopic (exact) mass is 264 g/mol. The minimum Gasteiger partial charge on any atom is -0.366 e. The molecule has 1 aromatic rings. The van der Waals surface area contributed by atoms with Crippen LogP contribution in [0.2, 0.25) is 0 Å². The van der Waals surface area contributed by atoms with Crippen molar-refractivity contribution in [3.8, 4) is 0 Å². The third-order valence-electron chi connectivity index (χ3n) is 3.62. The standard InChI is InChI=1S/C13H20N4O2/c1-10(2)15-6-8-16(9-7-15)12-4-5-13(17(18)19)14-11(12)3/h4-5,10H,6-9H2,1-3H3. The first-order valence-electron chi connectivity index (χ1n) is 6.60. The first-order valence-corrected chi connectivity index (χ1v) is 6.60. The molecule has 1 fully saturated rings. The van der Waals surface area contributed by atoms with Gasteiger partial charge in [-0.3, -0.25) is 4.90 Å². The van der Waals surface area contributed by atoms with Gasteiger partial charge in [-0.05, 0) is 29.8 Å². The van der Waals surface area contributed by atoms with Gasteiger partial charge in [-0.2, -0.15) is 0 Å². The van der Waals surface area contributed by atoms with Crippen LogP contribution in [0.3, 0.4) is 0 Å². The van der Waals surface area contributed by atoms with Crippen LogP contribution in [-0.2, 0) is 0 Å². The Labute approximate surface area is 113 Å². The number of piperazine rings is 1. The molecule has 6 nitrogen and oxygen atoms in total. The van der Waals surface area contributed by atoms with Gasteiger partial charge in [0, 0.05) is 45.2 Å². The van der Waals surface area contributed by atoms with Crippen molar-refractivity contribution in [2.45, 2.75) is 26.8 Å². The molecule has 0 aromatic carbocycles. The van der Waals surface area contributed by atoms with Crippen LogP contribution in [0.1, 0.15) is 19.5 Å². The highest BCUT2D eigenvalue weighted by atomic mass is 16.6. The van der Waals surface area contributed by atoms with Gasteiger partial charge in [-0.15, -0.1) is 0 Å². The molecule has 104 valence electrons. The lowest BCUT2D eigenvalue weighted by atomic mass is 10.2. The maximum atomic E-state index is 10.7. The van der Waals surface area contributed by atoms with E-state index in [-0.39, 0.29) is 5.82 Å². The van der Waals surface area contributed by atoms with Gasteiger partial charge in [0.05, 0.1) is 5.69 Å². The number of hydrogen-bond donors (Lipinski definition) is 0. The van der Waals surface area contributed by atoms with Crippen molar-refractivity contribution in [2.75, 3.05) is 31.1 Å². The van der Waals surface area contributed by atoms with Crippen molar-refractivity contribution in [3.05, 3.63) is 27.9 Å². The summed E-state index contributed by atoms with van der Waals surface area (Å²) in [5.74, 6) is -0.0814. The van der Waals surface area contributed by atoms with Crippen LogP contribution in [0, 0.1) is 17.0 Å². The Morgan fingerprint density at radius 2 is 1.89 bits per heavy atom. The van der Waals surface area contributed by atoms with E-state index in [0.717, 1.165) is 37.6 Å². The molecular formula is C13H20N4O2. The number of pyridine rings is 1. The van der Waals surface area contributed by atoms with E-state index in [1.807, 2.05) is 13.0 Å². The highest BCUT2D eigenvalue weighted by Crippen LogP contribution is 2.23. The van der Waals surface area contributed by atoms with E-state index < -0.39 is 4.92 Å². The summed E-state index contributed by atoms with van der Waals surface area (Å²) in [5, 5.41) is 10.7. The van der Waals surface area contributed by atoms with Crippen LogP contribution in [0.25, 0.3) is 0 Å². The Balaban J connectivity index is 2.09. The number of aryl methyl sites for hydroxylation is 1. The lowest BCUT2D eigenvalue weighted by molar-refractivity contribution is -0.389. The van der Waals surface area contributed by atoms with Gasteiger partial charge in [-0.25, -0.2) is 0 Å². The topological polar surface area (TPSA) is 62.5 Å². The molecule has 6 heteroatoms. The summed E-state index contributed by atoms with van der Waals surface area (Å²) in [4.78, 5) is 19.0. The third-order valence-corrected chi connectivity index (χ3v) is 3.62. The van der Waals surface area contributed by atoms with E-state index in [9.17, 15) is 10.1 Å². The summed E-state index contributed by atoms with van der Waals surface area (Å²) in [6, 6.07) is 3.86. The number of anilines is 1. The molecular weight excluding hydrogens is 244 g/mol. The maximum absolute atomic E-state index is 10.7. The van der Waals surface area contributed by atoms with Gasteiger partial charge in [0.15, 0.2) is 5.69 Å². The molecule has 19 heavy (non-hydrogen) atoms. The summed E-state index contributed by atoms with van der Waals surface area (Å²) in [6.07, 6.45) is 0. The number of rotatable bonds is 3. The Kier molecular flexibility index (Phi) is 3.99. The molecule has 0 amide bonds. The summed E-state index contributed by atoms with van der Waals surface area (Å²) in [6.45, 7) is 10.2. The second kappa shape index (κ2) is 5.52. The van der Waals surface area contributed by atoms with Crippen LogP contribution in [-0.4, -0.2) is 47.0 Å². The molecule has 1 aromatic heterocycles. The molecule has 0 radical (unpaired) electrons. The van der Waals surface area contributed by atoms with E-state index in [2.05, 4.69) is 28.6 Å². The van der Waals surface area contributed by atoms with Gasteiger partial charge in [0.1, 0.15) is 0 Å². The molecule has 0 spiro atoms. The van der Waals surface area contributed by atoms with Gasteiger partial charge >= 0.3 is 5.82 Å². The number of hydrogen-bond acceptors (Lipinski definition) is 5. The largest absolute Gasteiger partial charge is 0.366 e. The van der Waals surface area contributed by atoms with Gasteiger partial charge in [-0.1, -0.05) is 0 Å². The van der Waals surface area contributed by atoms with Crippen molar-refractivity contribution in [3.63, 3.8) is 0 Å². The fourth-order valence-corrected chi connectivity index (χ4v) is 2.46. The summed E-state index contributed by atoms with van der Waals surface area (Å²) in [7, 11) is 0. The minimum atomic E-state index is -0.451. The van der Waals surface area contributed by atoms with Gasteiger partial charge in [0.2, 0.25) is 0 Å². The molecule has 0 bridgehead atoms. The zero-order chi connectivity index (χ0) is 14.0. The normalized spacial score (nSPS) is 16.9. The zero-order valence-corrected chi connectivity index (χ0v) is 11.7.